The fourth-order valence-corrected chi connectivity index (χ4v) is 4.46. The molecule has 3 rings (SSSR count). The van der Waals surface area contributed by atoms with E-state index in [9.17, 15) is 55.9 Å². The minimum Gasteiger partial charge on any atom is -0.394 e. The molecule has 17 heteroatoms. The summed E-state index contributed by atoms with van der Waals surface area (Å²) in [5.74, 6) is -0.676. The predicted molar refractivity (Wildman–Crippen MR) is 113 cm³/mol. The van der Waals surface area contributed by atoms with Crippen LogP contribution in [0.5, 0.6) is 0 Å². The lowest BCUT2D eigenvalue weighted by atomic mass is 9.94. The molecule has 216 valence electrons. The van der Waals surface area contributed by atoms with Crippen molar-refractivity contribution in [3.63, 3.8) is 0 Å². The summed E-state index contributed by atoms with van der Waals surface area (Å²) >= 11 is 0. The van der Waals surface area contributed by atoms with E-state index in [1.807, 2.05) is 0 Å². The van der Waals surface area contributed by atoms with Gasteiger partial charge in [-0.3, -0.25) is 4.79 Å². The Morgan fingerprint density at radius 1 is 0.649 bits per heavy atom. The Bertz CT molecular complexity index is 743. The molecule has 0 spiro atoms. The quantitative estimate of drug-likeness (QED) is 0.135. The zero-order chi connectivity index (χ0) is 27.6. The van der Waals surface area contributed by atoms with E-state index in [1.54, 1.807) is 0 Å². The van der Waals surface area contributed by atoms with Crippen LogP contribution >= 0.6 is 0 Å². The van der Waals surface area contributed by atoms with Gasteiger partial charge in [0.1, 0.15) is 73.2 Å². The summed E-state index contributed by atoms with van der Waals surface area (Å²) in [6.07, 6.45) is -23.1. The minimum absolute atomic E-state index is 0.676. The summed E-state index contributed by atoms with van der Waals surface area (Å²) in [6.45, 7) is -1.23. The zero-order valence-electron chi connectivity index (χ0n) is 19.7. The molecule has 15 atom stereocenters. The minimum atomic E-state index is -1.84. The predicted octanol–water partition coefficient (Wildman–Crippen LogP) is -7.43. The molecule has 0 aliphatic carbocycles. The van der Waals surface area contributed by atoms with Crippen LogP contribution in [0.15, 0.2) is 0 Å². The Labute approximate surface area is 210 Å². The molecule has 0 aromatic heterocycles. The number of carbonyl (C=O) groups excluding carboxylic acids is 1. The second kappa shape index (κ2) is 12.8. The van der Waals surface area contributed by atoms with Gasteiger partial charge in [0, 0.05) is 6.92 Å². The zero-order valence-corrected chi connectivity index (χ0v) is 19.7. The molecule has 0 saturated carbocycles. The molecule has 1 amide bonds. The van der Waals surface area contributed by atoms with E-state index in [0.717, 1.165) is 6.92 Å². The molecule has 3 heterocycles. The number of carbonyl (C=O) groups is 1. The van der Waals surface area contributed by atoms with Gasteiger partial charge in [-0.1, -0.05) is 0 Å². The van der Waals surface area contributed by atoms with Crippen molar-refractivity contribution >= 4 is 5.91 Å². The SMILES string of the molecule is CC(=O)N[C@H]1[C@H](O[C@@H]2[C@H](O)[C@@H](O)C(O)O[C@@H]2CO)O[C@H](CO)[C@@H](O[C@@H]2O[C@H](CO)[C@@H](O)[C@H](O)[C@@H]2O)[C@@H]1O. The van der Waals surface area contributed by atoms with Gasteiger partial charge < -0.3 is 80.1 Å². The van der Waals surface area contributed by atoms with Gasteiger partial charge >= 0.3 is 0 Å². The van der Waals surface area contributed by atoms with Gasteiger partial charge in [-0.05, 0) is 0 Å². The smallest absolute Gasteiger partial charge is 0.217 e. The van der Waals surface area contributed by atoms with Gasteiger partial charge in [0.25, 0.3) is 0 Å². The van der Waals surface area contributed by atoms with Crippen molar-refractivity contribution in [1.29, 1.82) is 0 Å². The number of nitrogens with one attached hydrogen (secondary N) is 1. The highest BCUT2D eigenvalue weighted by molar-refractivity contribution is 5.73. The maximum Gasteiger partial charge on any atom is 0.217 e. The van der Waals surface area contributed by atoms with Crippen LogP contribution in [0.3, 0.4) is 0 Å². The van der Waals surface area contributed by atoms with Gasteiger partial charge in [-0.2, -0.15) is 0 Å². The molecule has 3 fully saturated rings. The fourth-order valence-electron chi connectivity index (χ4n) is 4.46. The maximum atomic E-state index is 11.9. The molecule has 0 bridgehead atoms. The Morgan fingerprint density at radius 2 is 1.16 bits per heavy atom. The highest BCUT2D eigenvalue weighted by Crippen LogP contribution is 2.32. The second-order valence-electron chi connectivity index (χ2n) is 9.07. The van der Waals surface area contributed by atoms with Crippen molar-refractivity contribution in [2.75, 3.05) is 19.8 Å². The van der Waals surface area contributed by atoms with Crippen molar-refractivity contribution in [3.8, 4) is 0 Å². The number of aliphatic hydroxyl groups is 10. The van der Waals surface area contributed by atoms with Crippen molar-refractivity contribution in [2.24, 2.45) is 0 Å². The first kappa shape index (κ1) is 30.4. The fraction of sp³-hybridized carbons (Fsp3) is 0.950. The standard InChI is InChI=1S/C20H35NO16/c1-5(25)21-9-11(27)16(37-20-15(31)12(28)10(26)6(2-22)34-20)8(4-24)35-19(9)36-17-7(3-23)33-18(32)14(30)13(17)29/h6-20,22-24,26-32H,2-4H2,1H3,(H,21,25)/t6-,7-,8-,9-,10-,11-,12+,13-,14-,15+,16-,17+,18?,19+,20+/m1/s1. The van der Waals surface area contributed by atoms with Crippen LogP contribution in [0.4, 0.5) is 0 Å². The summed E-state index contributed by atoms with van der Waals surface area (Å²) in [5.41, 5.74) is 0. The van der Waals surface area contributed by atoms with Crippen LogP contribution in [0.1, 0.15) is 6.92 Å². The molecule has 0 aromatic carbocycles. The van der Waals surface area contributed by atoms with Crippen LogP contribution in [0, 0.1) is 0 Å². The van der Waals surface area contributed by atoms with Crippen LogP contribution in [-0.2, 0) is 28.5 Å². The van der Waals surface area contributed by atoms with Crippen LogP contribution in [-0.4, -0.2) is 169 Å². The van der Waals surface area contributed by atoms with E-state index in [0.29, 0.717) is 0 Å². The van der Waals surface area contributed by atoms with E-state index in [-0.39, 0.29) is 0 Å². The first-order valence-electron chi connectivity index (χ1n) is 11.6. The summed E-state index contributed by atoms with van der Waals surface area (Å²) < 4.78 is 27.2. The third-order valence-electron chi connectivity index (χ3n) is 6.49. The summed E-state index contributed by atoms with van der Waals surface area (Å²) in [6, 6.07) is -1.47. The third kappa shape index (κ3) is 6.38. The summed E-state index contributed by atoms with van der Waals surface area (Å²) in [7, 11) is 0. The van der Waals surface area contributed by atoms with Gasteiger partial charge in [-0.15, -0.1) is 0 Å². The van der Waals surface area contributed by atoms with Crippen LogP contribution in [0.2, 0.25) is 0 Å². The normalized spacial score (nSPS) is 49.0. The molecule has 0 aromatic rings. The Kier molecular flexibility index (Phi) is 10.5. The molecular weight excluding hydrogens is 510 g/mol. The van der Waals surface area contributed by atoms with Crippen molar-refractivity contribution in [2.45, 2.75) is 99.0 Å². The highest BCUT2D eigenvalue weighted by atomic mass is 16.7. The summed E-state index contributed by atoms with van der Waals surface area (Å²) in [4.78, 5) is 11.9. The van der Waals surface area contributed by atoms with Crippen molar-refractivity contribution < 1.29 is 79.5 Å². The molecule has 37 heavy (non-hydrogen) atoms. The lowest BCUT2D eigenvalue weighted by molar-refractivity contribution is -0.365. The molecule has 3 aliphatic rings. The lowest BCUT2D eigenvalue weighted by Gasteiger charge is -2.49. The van der Waals surface area contributed by atoms with Gasteiger partial charge in [-0.25, -0.2) is 0 Å². The lowest BCUT2D eigenvalue weighted by Crippen LogP contribution is -2.69. The third-order valence-corrected chi connectivity index (χ3v) is 6.49. The van der Waals surface area contributed by atoms with Crippen molar-refractivity contribution in [3.05, 3.63) is 0 Å². The van der Waals surface area contributed by atoms with Gasteiger partial charge in [0.05, 0.1) is 19.8 Å². The van der Waals surface area contributed by atoms with Crippen LogP contribution < -0.4 is 5.32 Å². The Balaban J connectivity index is 1.83. The first-order chi connectivity index (χ1) is 17.4. The molecule has 0 radical (unpaired) electrons. The molecule has 17 nitrogen and oxygen atoms in total. The largest absolute Gasteiger partial charge is 0.394 e. The first-order valence-corrected chi connectivity index (χ1v) is 11.6. The Morgan fingerprint density at radius 3 is 1.73 bits per heavy atom. The average Bonchev–Trinajstić information content (AvgIpc) is 2.87. The molecule has 1 unspecified atom stereocenters. The van der Waals surface area contributed by atoms with E-state index in [1.165, 1.54) is 0 Å². The number of aliphatic hydroxyl groups excluding tert-OH is 10. The van der Waals surface area contributed by atoms with Crippen molar-refractivity contribution in [1.82, 2.24) is 5.32 Å². The molecule has 11 N–H and O–H groups in total. The van der Waals surface area contributed by atoms with E-state index < -0.39 is 118 Å². The number of hydrogen-bond donors (Lipinski definition) is 11. The molecular formula is C20H35NO16. The summed E-state index contributed by atoms with van der Waals surface area (Å²) in [5, 5.41) is 103. The van der Waals surface area contributed by atoms with E-state index in [4.69, 9.17) is 23.7 Å². The Hall–Kier alpha value is -1.13. The number of ether oxygens (including phenoxy) is 5. The molecule has 3 saturated heterocycles. The monoisotopic (exact) mass is 545 g/mol. The number of rotatable bonds is 8. The topological polar surface area (TPSA) is 278 Å². The average molecular weight is 545 g/mol. The molecule has 3 aliphatic heterocycles. The van der Waals surface area contributed by atoms with E-state index in [2.05, 4.69) is 5.32 Å². The number of hydrogen-bond acceptors (Lipinski definition) is 16. The van der Waals surface area contributed by atoms with E-state index >= 15 is 0 Å². The van der Waals surface area contributed by atoms with Gasteiger partial charge in [0.2, 0.25) is 5.91 Å². The second-order valence-corrected chi connectivity index (χ2v) is 9.07. The van der Waals surface area contributed by atoms with Crippen LogP contribution in [0.25, 0.3) is 0 Å². The maximum absolute atomic E-state index is 11.9. The highest BCUT2D eigenvalue weighted by Gasteiger charge is 2.53. The van der Waals surface area contributed by atoms with Gasteiger partial charge in [0.15, 0.2) is 18.9 Å². The number of amides is 1.